The fourth-order valence-corrected chi connectivity index (χ4v) is 5.89. The zero-order valence-corrected chi connectivity index (χ0v) is 24.2. The van der Waals surface area contributed by atoms with Gasteiger partial charge in [-0.15, -0.1) is 0 Å². The van der Waals surface area contributed by atoms with E-state index in [0.717, 1.165) is 69.8 Å². The molecule has 9 nitrogen and oxygen atoms in total. The van der Waals surface area contributed by atoms with Gasteiger partial charge in [0.15, 0.2) is 11.5 Å². The van der Waals surface area contributed by atoms with Crippen molar-refractivity contribution in [1.29, 1.82) is 0 Å². The van der Waals surface area contributed by atoms with Crippen LogP contribution in [0.15, 0.2) is 42.0 Å². The van der Waals surface area contributed by atoms with Crippen molar-refractivity contribution in [3.8, 4) is 17.2 Å². The highest BCUT2D eigenvalue weighted by atomic mass is 16.5. The van der Waals surface area contributed by atoms with Crippen LogP contribution in [0.2, 0.25) is 0 Å². The molecule has 41 heavy (non-hydrogen) atoms. The van der Waals surface area contributed by atoms with Crippen LogP contribution in [0.25, 0.3) is 5.76 Å². The summed E-state index contributed by atoms with van der Waals surface area (Å²) in [4.78, 5) is 30.0. The number of ether oxygens (including phenoxy) is 4. The van der Waals surface area contributed by atoms with Gasteiger partial charge < -0.3 is 33.9 Å². The Bertz CT molecular complexity index is 1300. The topological polar surface area (TPSA) is 99.0 Å². The van der Waals surface area contributed by atoms with E-state index in [1.807, 2.05) is 37.3 Å². The first-order chi connectivity index (χ1) is 19.9. The van der Waals surface area contributed by atoms with Gasteiger partial charge in [0.05, 0.1) is 45.1 Å². The number of carbonyl (C=O) groups excluding carboxylic acids is 2. The summed E-state index contributed by atoms with van der Waals surface area (Å²) in [5.41, 5.74) is 2.23. The van der Waals surface area contributed by atoms with Crippen molar-refractivity contribution < 1.29 is 38.5 Å². The van der Waals surface area contributed by atoms with Crippen LogP contribution in [-0.4, -0.2) is 80.9 Å². The number of unbranched alkanes of at least 4 members (excludes halogenated alkanes) is 1. The lowest BCUT2D eigenvalue weighted by Gasteiger charge is -2.28. The Balaban J connectivity index is 1.50. The molecule has 0 unspecified atom stereocenters. The number of morpholine rings is 1. The first kappa shape index (κ1) is 29.0. The second-order valence-electron chi connectivity index (χ2n) is 11.0. The van der Waals surface area contributed by atoms with Gasteiger partial charge >= 0.3 is 0 Å². The van der Waals surface area contributed by atoms with Gasteiger partial charge in [-0.25, -0.2) is 0 Å². The Morgan fingerprint density at radius 2 is 1.90 bits per heavy atom. The smallest absolute Gasteiger partial charge is 0.295 e. The molecule has 0 spiro atoms. The van der Waals surface area contributed by atoms with Crippen LogP contribution < -0.4 is 19.1 Å². The number of amides is 1. The molecule has 3 heterocycles. The lowest BCUT2D eigenvalue weighted by atomic mass is 9.94. The predicted octanol–water partition coefficient (Wildman–Crippen LogP) is 2.92. The second-order valence-corrected chi connectivity index (χ2v) is 11.0. The van der Waals surface area contributed by atoms with Gasteiger partial charge in [0, 0.05) is 24.9 Å². The fraction of sp³-hybridized carbons (Fsp3) is 0.500. The molecule has 5 rings (SSSR count). The quantitative estimate of drug-likeness (QED) is 0.187. The second kappa shape index (κ2) is 13.0. The highest BCUT2D eigenvalue weighted by molar-refractivity contribution is 6.46. The molecule has 3 aliphatic rings. The third kappa shape index (κ3) is 6.21. The minimum atomic E-state index is -0.753. The first-order valence-corrected chi connectivity index (χ1v) is 14.7. The Morgan fingerprint density at radius 3 is 2.66 bits per heavy atom. The third-order valence-corrected chi connectivity index (χ3v) is 8.10. The summed E-state index contributed by atoms with van der Waals surface area (Å²) in [6, 6.07) is 10.1. The molecular formula is C32H41N2O7+. The highest BCUT2D eigenvalue weighted by Crippen LogP contribution is 2.42. The van der Waals surface area contributed by atoms with Gasteiger partial charge in [-0.2, -0.15) is 0 Å². The van der Waals surface area contributed by atoms with E-state index >= 15 is 0 Å². The first-order valence-electron chi connectivity index (χ1n) is 14.7. The van der Waals surface area contributed by atoms with Crippen LogP contribution in [0.4, 0.5) is 0 Å². The Labute approximate surface area is 241 Å². The molecule has 0 aromatic heterocycles. The average Bonchev–Trinajstić information content (AvgIpc) is 3.48. The number of carbonyl (C=O) groups is 2. The van der Waals surface area contributed by atoms with Gasteiger partial charge in [0.25, 0.3) is 11.7 Å². The van der Waals surface area contributed by atoms with Gasteiger partial charge in [-0.05, 0) is 54.8 Å². The van der Waals surface area contributed by atoms with Crippen molar-refractivity contribution in [3.63, 3.8) is 0 Å². The molecule has 2 N–H and O–H groups in total. The third-order valence-electron chi connectivity index (χ3n) is 8.10. The zero-order valence-electron chi connectivity index (χ0n) is 24.2. The van der Waals surface area contributed by atoms with Crippen LogP contribution in [0.1, 0.15) is 55.8 Å². The monoisotopic (exact) mass is 565 g/mol. The van der Waals surface area contributed by atoms with E-state index in [1.165, 1.54) is 4.90 Å². The van der Waals surface area contributed by atoms with Gasteiger partial charge in [-0.3, -0.25) is 9.59 Å². The number of nitrogens with one attached hydrogen (secondary N) is 1. The van der Waals surface area contributed by atoms with Gasteiger partial charge in [0.1, 0.15) is 30.7 Å². The van der Waals surface area contributed by atoms with Crippen molar-refractivity contribution in [2.45, 2.75) is 51.7 Å². The number of quaternary nitrogens is 1. The van der Waals surface area contributed by atoms with E-state index in [0.29, 0.717) is 35.8 Å². The molecule has 2 aromatic rings. The normalized spacial score (nSPS) is 22.1. The number of ketones is 1. The van der Waals surface area contributed by atoms with Crippen LogP contribution >= 0.6 is 0 Å². The van der Waals surface area contributed by atoms with E-state index < -0.39 is 17.7 Å². The molecule has 2 saturated heterocycles. The summed E-state index contributed by atoms with van der Waals surface area (Å²) in [7, 11) is 1.57. The van der Waals surface area contributed by atoms with Crippen LogP contribution in [-0.2, 0) is 20.7 Å². The van der Waals surface area contributed by atoms with Crippen molar-refractivity contribution in [3.05, 3.63) is 58.7 Å². The number of rotatable bonds is 11. The largest absolute Gasteiger partial charge is 0.507 e. The lowest BCUT2D eigenvalue weighted by Crippen LogP contribution is -3.14. The van der Waals surface area contributed by atoms with Crippen molar-refractivity contribution >= 4 is 17.4 Å². The predicted molar refractivity (Wildman–Crippen MR) is 154 cm³/mol. The summed E-state index contributed by atoms with van der Waals surface area (Å²) in [5, 5.41) is 11.6. The van der Waals surface area contributed by atoms with E-state index in [-0.39, 0.29) is 17.4 Å². The number of aliphatic hydroxyl groups excluding tert-OH is 1. The Kier molecular flexibility index (Phi) is 9.15. The maximum Gasteiger partial charge on any atom is 0.295 e. The lowest BCUT2D eigenvalue weighted by molar-refractivity contribution is -0.908. The van der Waals surface area contributed by atoms with E-state index in [1.54, 1.807) is 18.1 Å². The van der Waals surface area contributed by atoms with Crippen LogP contribution in [0.5, 0.6) is 17.2 Å². The SMILES string of the molecule is CCCCOc1ccc([C@@H]2C(=C(O)c3ccc4c(c3)C[C@@H](C)O4)C(=O)C(=O)N2CCC[NH+]2CCOCC2)cc1OC. The number of hydrogen-bond acceptors (Lipinski definition) is 7. The average molecular weight is 566 g/mol. The van der Waals surface area contributed by atoms with Crippen molar-refractivity contribution in [1.82, 2.24) is 4.90 Å². The van der Waals surface area contributed by atoms with E-state index in [2.05, 4.69) is 6.92 Å². The molecular weight excluding hydrogens is 524 g/mol. The number of methoxy groups -OCH3 is 1. The maximum absolute atomic E-state index is 13.5. The molecule has 2 aromatic carbocycles. The van der Waals surface area contributed by atoms with Crippen LogP contribution in [0, 0.1) is 0 Å². The molecule has 0 radical (unpaired) electrons. The molecule has 2 fully saturated rings. The molecule has 3 aliphatic heterocycles. The van der Waals surface area contributed by atoms with E-state index in [4.69, 9.17) is 18.9 Å². The minimum Gasteiger partial charge on any atom is -0.507 e. The summed E-state index contributed by atoms with van der Waals surface area (Å²) in [6.07, 6.45) is 3.42. The summed E-state index contributed by atoms with van der Waals surface area (Å²) < 4.78 is 22.9. The number of likely N-dealkylation sites (tertiary alicyclic amines) is 1. The zero-order chi connectivity index (χ0) is 28.9. The number of Topliss-reactive ketones (excluding diaryl/α,β-unsaturated/α-hetero) is 1. The van der Waals surface area contributed by atoms with Gasteiger partial charge in [0.2, 0.25) is 0 Å². The summed E-state index contributed by atoms with van der Waals surface area (Å²) in [6.45, 7) is 9.25. The molecule has 0 saturated carbocycles. The standard InChI is InChI=1S/C32H40N2O7/c1-4-5-15-40-26-10-7-22(20-27(26)38-3)29-28(30(35)23-8-9-25-24(19-23)18-21(2)41-25)31(36)32(37)34(29)12-6-11-33-13-16-39-17-14-33/h7-10,19-21,29,35H,4-6,11-18H2,1-3H3/p+1/t21-,29-/m1/s1. The van der Waals surface area contributed by atoms with Crippen LogP contribution in [0.3, 0.4) is 0 Å². The van der Waals surface area contributed by atoms with Crippen molar-refractivity contribution in [2.24, 2.45) is 0 Å². The number of hydrogen-bond donors (Lipinski definition) is 2. The summed E-state index contributed by atoms with van der Waals surface area (Å²) >= 11 is 0. The number of fused-ring (bicyclic) bond motifs is 1. The Morgan fingerprint density at radius 1 is 1.10 bits per heavy atom. The summed E-state index contributed by atoms with van der Waals surface area (Å²) in [5.74, 6) is 0.433. The molecule has 0 bridgehead atoms. The molecule has 2 atom stereocenters. The number of aliphatic hydroxyl groups is 1. The number of nitrogens with zero attached hydrogens (tertiary/aromatic N) is 1. The highest BCUT2D eigenvalue weighted by Gasteiger charge is 2.46. The molecule has 220 valence electrons. The van der Waals surface area contributed by atoms with Gasteiger partial charge in [-0.1, -0.05) is 19.4 Å². The maximum atomic E-state index is 13.5. The Hall–Kier alpha value is -3.56. The number of benzene rings is 2. The molecule has 9 heteroatoms. The fourth-order valence-electron chi connectivity index (χ4n) is 5.89. The molecule has 0 aliphatic carbocycles. The van der Waals surface area contributed by atoms with Crippen molar-refractivity contribution in [2.75, 3.05) is 53.1 Å². The minimum absolute atomic E-state index is 0.0482. The van der Waals surface area contributed by atoms with E-state index in [9.17, 15) is 14.7 Å². The molecule has 1 amide bonds.